The fraction of sp³-hybridized carbons (Fsp3) is 0.653. The van der Waals surface area contributed by atoms with Crippen molar-refractivity contribution in [2.75, 3.05) is 72.0 Å². The summed E-state index contributed by atoms with van der Waals surface area (Å²) in [6.45, 7) is 0.593. The molecule has 7 unspecified atom stereocenters. The molecule has 13 atom stereocenters. The number of hydrogen-bond acceptors (Lipinski definition) is 29. The van der Waals surface area contributed by atoms with Gasteiger partial charge in [-0.15, -0.1) is 0 Å². The van der Waals surface area contributed by atoms with E-state index in [1.165, 1.54) is 13.8 Å². The lowest BCUT2D eigenvalue weighted by atomic mass is 10.0. The summed E-state index contributed by atoms with van der Waals surface area (Å²) >= 11 is 0. The molecule has 138 heavy (non-hydrogen) atoms. The predicted molar refractivity (Wildman–Crippen MR) is 498 cm³/mol. The van der Waals surface area contributed by atoms with Gasteiger partial charge in [-0.2, -0.15) is 0 Å². The van der Waals surface area contributed by atoms with Crippen LogP contribution in [-0.4, -0.2) is 325 Å². The van der Waals surface area contributed by atoms with Gasteiger partial charge in [0.2, 0.25) is 70.9 Å². The van der Waals surface area contributed by atoms with Crippen LogP contribution in [0.4, 0.5) is 0 Å². The summed E-state index contributed by atoms with van der Waals surface area (Å²) in [4.78, 5) is 234. The highest BCUT2D eigenvalue weighted by Crippen LogP contribution is 2.14. The zero-order chi connectivity index (χ0) is 105. The number of nitrogens with two attached hydrogens (primary N) is 10. The highest BCUT2D eigenvalue weighted by Gasteiger charge is 2.39. The average molecular weight is 1970 g/mol. The largest absolute Gasteiger partial charge is 0.481 e. The molecule has 0 aliphatic carbocycles. The van der Waals surface area contributed by atoms with Crippen molar-refractivity contribution in [2.24, 2.45) is 63.3 Å². The molecule has 0 rings (SSSR count). The molecule has 12 amide bonds. The molecule has 63 heteroatoms. The van der Waals surface area contributed by atoms with Crippen molar-refractivity contribution in [3.63, 3.8) is 0 Å². The Morgan fingerprint density at radius 3 is 0.688 bits per heavy atom. The Labute approximate surface area is 793 Å². The first-order valence-corrected chi connectivity index (χ1v) is 43.8. The maximum Gasteiger partial charge on any atom is 0.322 e. The molecule has 0 aliphatic rings. The first kappa shape index (κ1) is 123. The number of amides is 12. The van der Waals surface area contributed by atoms with E-state index in [9.17, 15) is 87.5 Å². The van der Waals surface area contributed by atoms with E-state index in [2.05, 4.69) is 123 Å². The fourth-order valence-corrected chi connectivity index (χ4v) is 12.6. The third-order valence-corrected chi connectivity index (χ3v) is 19.6. The highest BCUT2D eigenvalue weighted by molar-refractivity contribution is 6.01. The zero-order valence-corrected chi connectivity index (χ0v) is 76.9. The van der Waals surface area contributed by atoms with Gasteiger partial charge in [0, 0.05) is 65.3 Å². The van der Waals surface area contributed by atoms with E-state index in [4.69, 9.17) is 106 Å². The molecule has 0 aromatic carbocycles. The van der Waals surface area contributed by atoms with Gasteiger partial charge < -0.3 is 189 Å². The van der Waals surface area contributed by atoms with Gasteiger partial charge in [0.25, 0.3) is 0 Å². The molecule has 0 spiro atoms. The van der Waals surface area contributed by atoms with Gasteiger partial charge in [-0.3, -0.25) is 130 Å². The Hall–Kier alpha value is -15.5. The molecule has 0 aromatic heterocycles. The van der Waals surface area contributed by atoms with Crippen LogP contribution in [0.15, 0.2) is 0 Å². The number of carbonyl (C=O) groups excluding carboxylic acids is 13. The SMILES string of the molecule is CC(C)[C@H](NC(=O)C(CCC(=O)O)NNC(CC(=O)O)C(=O)O)C(=O)NC(CC(=O)O)C(=O)NCC(=O)NC(CCCNC(=N)N)C(=O)N[C@@H](CCCNC(=N)N)C(=O)NC(CCCNC(=N)N)C(=O)N[C@@H](CCCNC(=N)N)C(=O)NC(CCCNC(=N)N)C(=O)N[C@@H](CCCNC(=N)N)C(=O)NC(CCCNC(=N)N)C(=O)N[C@@H](CCCNC(=N)N)C(=O)N[C@@H](CCCNC(=N)N)C(=O)CN. The molecule has 0 saturated carbocycles. The molecule has 0 aliphatic heterocycles. The number of guanidine groups is 9. The maximum atomic E-state index is 15.1. The van der Waals surface area contributed by atoms with E-state index in [0.29, 0.717) is 0 Å². The van der Waals surface area contributed by atoms with Crippen molar-refractivity contribution in [3.05, 3.63) is 0 Å². The van der Waals surface area contributed by atoms with Crippen LogP contribution in [0.2, 0.25) is 0 Å². The van der Waals surface area contributed by atoms with Crippen LogP contribution in [0, 0.1) is 54.6 Å². The molecule has 0 heterocycles. The summed E-state index contributed by atoms with van der Waals surface area (Å²) in [5.74, 6) is -25.6. The van der Waals surface area contributed by atoms with Crippen LogP contribution in [0.1, 0.15) is 155 Å². The van der Waals surface area contributed by atoms with E-state index in [-0.39, 0.29) is 180 Å². The smallest absolute Gasteiger partial charge is 0.322 e. The van der Waals surface area contributed by atoms with E-state index >= 15 is 14.4 Å². The van der Waals surface area contributed by atoms with Crippen LogP contribution >= 0.6 is 0 Å². The lowest BCUT2D eigenvalue weighted by molar-refractivity contribution is -0.146. The Bertz CT molecular complexity index is 4150. The molecule has 0 bridgehead atoms. The van der Waals surface area contributed by atoms with Crippen molar-refractivity contribution in [2.45, 2.75) is 234 Å². The Morgan fingerprint density at radius 2 is 0.464 bits per heavy atom. The number of carboxylic acids is 4. The van der Waals surface area contributed by atoms with Crippen molar-refractivity contribution >= 4 is 154 Å². The number of ketones is 1. The Morgan fingerprint density at radius 1 is 0.246 bits per heavy atom. The summed E-state index contributed by atoms with van der Waals surface area (Å²) in [5.41, 5.74) is 59.9. The monoisotopic (exact) mass is 1970 g/mol. The van der Waals surface area contributed by atoms with E-state index in [0.717, 1.165) is 0 Å². The number of rotatable bonds is 74. The molecule has 0 radical (unpaired) electrons. The molecule has 0 aromatic rings. The molecule has 56 N–H and O–H groups in total. The van der Waals surface area contributed by atoms with Gasteiger partial charge in [0.1, 0.15) is 72.5 Å². The highest BCUT2D eigenvalue weighted by atomic mass is 16.4. The number of hydrazine groups is 1. The fourth-order valence-electron chi connectivity index (χ4n) is 12.6. The van der Waals surface area contributed by atoms with Gasteiger partial charge in [-0.1, -0.05) is 13.8 Å². The number of nitrogens with one attached hydrogen (secondary N) is 32. The number of carboxylic acid groups (broad SMARTS) is 4. The average Bonchev–Trinajstić information content (AvgIpc) is 0.855. The quantitative estimate of drug-likeness (QED) is 0.0116. The van der Waals surface area contributed by atoms with E-state index in [1.54, 1.807) is 0 Å². The number of hydrogen-bond donors (Lipinski definition) is 46. The van der Waals surface area contributed by atoms with Crippen molar-refractivity contribution in [3.8, 4) is 0 Å². The predicted octanol–water partition coefficient (Wildman–Crippen LogP) is -15.3. The van der Waals surface area contributed by atoms with E-state index in [1.807, 2.05) is 0 Å². The lowest BCUT2D eigenvalue weighted by Gasteiger charge is -2.29. The standard InChI is InChI=1S/C75H142N42O21/c1-36(2)54(115-64(135)46(21-22-51(120)121)116-117-48(66(137)138)33-53(124)125)65(136)114-47(32-52(122)123)55(126)104-35-50(119)105-38(13-4-24-96-68(79)80)56(127)107-40(15-6-26-98-70(83)84)58(129)109-42(17-8-28-100-72(87)88)60(131)111-44(19-10-30-102-74(91)92)62(133)113-45(20-11-31-103-75(93)94)63(134)112-43(18-9-29-101-73(89)90)61(132)110-41(16-7-27-99-71(85)86)59(130)108-39(14-5-25-97-69(81)82)57(128)106-37(49(118)34-76)12-3-23-95-67(77)78/h36-48,54,116-117H,3-35,76H2,1-2H3,(H,104,126)(H,105,119)(H,106,128)(H,107,127)(H,108,130)(H,109,129)(H,110,132)(H,111,131)(H,112,134)(H,113,133)(H,114,136)(H,115,135)(H,120,121)(H,122,123)(H,124,125)(H,137,138)(H4,77,78,95)(H4,79,80,96)(H4,81,82,97)(H4,83,84,98)(H4,85,86,99)(H4,87,88,100)(H4,89,90,101)(H4,91,92,102)(H4,93,94,103)/t37-,38?,39-,40-,41?,42?,43-,44-,45?,46?,47?,48?,54-/m0/s1. The van der Waals surface area contributed by atoms with Gasteiger partial charge >= 0.3 is 23.9 Å². The first-order valence-electron chi connectivity index (χ1n) is 43.8. The Balaban J connectivity index is 8.05. The van der Waals surface area contributed by atoms with Crippen molar-refractivity contribution < 1.29 is 102 Å². The molecule has 0 fully saturated rings. The number of aliphatic carboxylic acids is 4. The third-order valence-electron chi connectivity index (χ3n) is 19.6. The van der Waals surface area contributed by atoms with Gasteiger partial charge in [-0.25, -0.2) is 10.9 Å². The van der Waals surface area contributed by atoms with Gasteiger partial charge in [0.15, 0.2) is 59.4 Å². The molecule has 63 nitrogen and oxygen atoms in total. The second kappa shape index (κ2) is 68.5. The minimum absolute atomic E-state index is 0.000538. The Kier molecular flexibility index (Phi) is 60.8. The summed E-state index contributed by atoms with van der Waals surface area (Å²) in [6.07, 6.45) is -6.16. The molecule has 778 valence electrons. The summed E-state index contributed by atoms with van der Waals surface area (Å²) < 4.78 is 0. The van der Waals surface area contributed by atoms with Crippen LogP contribution in [0.3, 0.4) is 0 Å². The minimum atomic E-state index is -2.04. The van der Waals surface area contributed by atoms with Crippen LogP contribution < -0.4 is 180 Å². The van der Waals surface area contributed by atoms with Crippen LogP contribution in [0.25, 0.3) is 0 Å². The second-order valence-electron chi connectivity index (χ2n) is 31.5. The van der Waals surface area contributed by atoms with Crippen LogP contribution in [0.5, 0.6) is 0 Å². The van der Waals surface area contributed by atoms with Gasteiger partial charge in [0.05, 0.1) is 32.0 Å². The molecular formula is C75H142N42O21. The zero-order valence-electron chi connectivity index (χ0n) is 76.9. The molecule has 0 saturated heterocycles. The van der Waals surface area contributed by atoms with Crippen molar-refractivity contribution in [1.29, 1.82) is 48.7 Å². The number of carbonyl (C=O) groups is 17. The maximum absolute atomic E-state index is 15.1. The lowest BCUT2D eigenvalue weighted by Crippen LogP contribution is -2.61. The molecular weight excluding hydrogens is 1830 g/mol. The van der Waals surface area contributed by atoms with Crippen molar-refractivity contribution in [1.82, 2.24) is 123 Å². The normalized spacial score (nSPS) is 13.6. The first-order chi connectivity index (χ1) is 64.9. The van der Waals surface area contributed by atoms with E-state index < -0.39 is 271 Å². The van der Waals surface area contributed by atoms with Gasteiger partial charge in [-0.05, 0) is 128 Å². The number of Topliss-reactive ketones (excluding diaryl/α,β-unsaturated/α-hetero) is 1. The summed E-state index contributed by atoms with van der Waals surface area (Å²) in [5, 5.41) is 160. The summed E-state index contributed by atoms with van der Waals surface area (Å²) in [7, 11) is 0. The summed E-state index contributed by atoms with van der Waals surface area (Å²) in [6, 6.07) is -21.7. The topological polar surface area (TPSA) is 1120 Å². The third kappa shape index (κ3) is 57.8. The minimum Gasteiger partial charge on any atom is -0.481 e. The van der Waals surface area contributed by atoms with Crippen LogP contribution in [-0.2, 0) is 81.5 Å². The second-order valence-corrected chi connectivity index (χ2v) is 31.5.